The number of hydrogen-bond donors (Lipinski definition) is 1. The summed E-state index contributed by atoms with van der Waals surface area (Å²) < 4.78 is 5.70. The summed E-state index contributed by atoms with van der Waals surface area (Å²) in [5, 5.41) is 3.52. The lowest BCUT2D eigenvalue weighted by Gasteiger charge is -2.26. The highest BCUT2D eigenvalue weighted by atomic mass is 35.5. The van der Waals surface area contributed by atoms with Crippen molar-refractivity contribution in [1.29, 1.82) is 0 Å². The van der Waals surface area contributed by atoms with Gasteiger partial charge in [0.15, 0.2) is 0 Å². The summed E-state index contributed by atoms with van der Waals surface area (Å²) in [5.41, 5.74) is 3.96. The predicted octanol–water partition coefficient (Wildman–Crippen LogP) is 4.81. The first kappa shape index (κ1) is 21.5. The zero-order chi connectivity index (χ0) is 21.8. The minimum absolute atomic E-state index is 0.0470. The van der Waals surface area contributed by atoms with Crippen molar-refractivity contribution >= 4 is 46.9 Å². The van der Waals surface area contributed by atoms with Crippen LogP contribution in [0.4, 0.5) is 5.69 Å². The molecule has 2 aromatic rings. The van der Waals surface area contributed by atoms with E-state index in [-0.39, 0.29) is 11.8 Å². The Bertz CT molecular complexity index is 1070. The summed E-state index contributed by atoms with van der Waals surface area (Å²) in [6, 6.07) is 10.8. The summed E-state index contributed by atoms with van der Waals surface area (Å²) in [6.07, 6.45) is 5.18. The lowest BCUT2D eigenvalue weighted by molar-refractivity contribution is -0.111. The number of nitrogens with one attached hydrogen (secondary N) is 1. The van der Waals surface area contributed by atoms with Crippen molar-refractivity contribution in [2.24, 2.45) is 0 Å². The van der Waals surface area contributed by atoms with Gasteiger partial charge in [-0.15, -0.1) is 0 Å². The molecule has 0 atom stereocenters. The first-order chi connectivity index (χ1) is 15.0. The number of nitrogens with zero attached hydrogens (tertiary/aromatic N) is 1. The van der Waals surface area contributed by atoms with Crippen LogP contribution in [-0.4, -0.2) is 47.9 Å². The van der Waals surface area contributed by atoms with Crippen LogP contribution in [0.2, 0.25) is 5.02 Å². The topological polar surface area (TPSA) is 58.6 Å². The maximum Gasteiger partial charge on any atom is 0.253 e. The molecule has 1 N–H and O–H groups in total. The molecule has 2 aliphatic heterocycles. The number of aryl methyl sites for hydroxylation is 1. The average molecular weight is 455 g/mol. The highest BCUT2D eigenvalue weighted by Gasteiger charge is 2.19. The van der Waals surface area contributed by atoms with Gasteiger partial charge >= 0.3 is 0 Å². The second-order valence-corrected chi connectivity index (χ2v) is 9.11. The third kappa shape index (κ3) is 5.32. The monoisotopic (exact) mass is 454 g/mol. The Balaban J connectivity index is 1.40. The van der Waals surface area contributed by atoms with Crippen LogP contribution in [0.25, 0.3) is 6.08 Å². The molecule has 160 valence electrons. The fraction of sp³-hybridized carbons (Fsp3) is 0.250. The first-order valence-electron chi connectivity index (χ1n) is 10.1. The molecule has 5 nitrogen and oxygen atoms in total. The molecule has 1 fully saturated rings. The SMILES string of the molecule is Cc1cc(C(=O)N2CCSCC2)ccc1NC(=O)/C=C/C1=Cc2cc(Cl)ccc2OC1. The van der Waals surface area contributed by atoms with Gasteiger partial charge < -0.3 is 15.0 Å². The third-order valence-electron chi connectivity index (χ3n) is 5.19. The minimum Gasteiger partial charge on any atom is -0.488 e. The highest BCUT2D eigenvalue weighted by Crippen LogP contribution is 2.29. The molecule has 2 aliphatic rings. The number of carbonyl (C=O) groups is 2. The van der Waals surface area contributed by atoms with Gasteiger partial charge in [-0.3, -0.25) is 9.59 Å². The molecule has 31 heavy (non-hydrogen) atoms. The van der Waals surface area contributed by atoms with Gasteiger partial charge in [0.05, 0.1) is 0 Å². The average Bonchev–Trinajstić information content (AvgIpc) is 2.79. The molecule has 2 heterocycles. The zero-order valence-electron chi connectivity index (χ0n) is 17.2. The fourth-order valence-corrected chi connectivity index (χ4v) is 4.59. The standard InChI is InChI=1S/C24H23ClN2O3S/c1-16-12-18(24(29)27-8-10-31-11-9-27)3-5-21(16)26-23(28)7-2-17-13-19-14-20(25)4-6-22(19)30-15-17/h2-7,12-14H,8-11,15H2,1H3,(H,26,28)/b7-2+. The number of amides is 2. The van der Waals surface area contributed by atoms with Crippen molar-refractivity contribution in [3.63, 3.8) is 0 Å². The second-order valence-electron chi connectivity index (χ2n) is 7.45. The predicted molar refractivity (Wildman–Crippen MR) is 127 cm³/mol. The Labute approximate surface area is 191 Å². The number of fused-ring (bicyclic) bond motifs is 1. The van der Waals surface area contributed by atoms with E-state index in [9.17, 15) is 9.59 Å². The molecule has 0 aromatic heterocycles. The molecule has 0 radical (unpaired) electrons. The molecule has 0 saturated carbocycles. The highest BCUT2D eigenvalue weighted by molar-refractivity contribution is 7.99. The molecule has 0 bridgehead atoms. The van der Waals surface area contributed by atoms with Crippen molar-refractivity contribution in [1.82, 2.24) is 4.90 Å². The summed E-state index contributed by atoms with van der Waals surface area (Å²) >= 11 is 7.91. The number of hydrogen-bond acceptors (Lipinski definition) is 4. The number of carbonyl (C=O) groups excluding carboxylic acids is 2. The molecular weight excluding hydrogens is 432 g/mol. The van der Waals surface area contributed by atoms with Crippen LogP contribution in [0.3, 0.4) is 0 Å². The van der Waals surface area contributed by atoms with Gasteiger partial charge in [0.25, 0.3) is 5.91 Å². The largest absolute Gasteiger partial charge is 0.488 e. The van der Waals surface area contributed by atoms with E-state index in [2.05, 4.69) is 5.32 Å². The molecule has 2 aromatic carbocycles. The Morgan fingerprint density at radius 1 is 1.16 bits per heavy atom. The van der Waals surface area contributed by atoms with Gasteiger partial charge in [-0.1, -0.05) is 17.7 Å². The summed E-state index contributed by atoms with van der Waals surface area (Å²) in [4.78, 5) is 27.0. The van der Waals surface area contributed by atoms with Crippen molar-refractivity contribution in [3.05, 3.63) is 75.8 Å². The van der Waals surface area contributed by atoms with Crippen LogP contribution in [-0.2, 0) is 4.79 Å². The lowest BCUT2D eigenvalue weighted by Crippen LogP contribution is -2.37. The fourth-order valence-electron chi connectivity index (χ4n) is 3.51. The van der Waals surface area contributed by atoms with E-state index in [1.54, 1.807) is 24.3 Å². The lowest BCUT2D eigenvalue weighted by atomic mass is 10.1. The third-order valence-corrected chi connectivity index (χ3v) is 6.36. The van der Waals surface area contributed by atoms with E-state index in [1.807, 2.05) is 47.9 Å². The van der Waals surface area contributed by atoms with Gasteiger partial charge in [-0.25, -0.2) is 0 Å². The Hall–Kier alpha value is -2.70. The van der Waals surface area contributed by atoms with Gasteiger partial charge in [0.1, 0.15) is 12.4 Å². The molecule has 7 heteroatoms. The number of rotatable bonds is 4. The van der Waals surface area contributed by atoms with Crippen LogP contribution in [0.1, 0.15) is 21.5 Å². The Morgan fingerprint density at radius 3 is 2.74 bits per heavy atom. The van der Waals surface area contributed by atoms with E-state index < -0.39 is 0 Å². The second kappa shape index (κ2) is 9.62. The van der Waals surface area contributed by atoms with Gasteiger partial charge in [0, 0.05) is 52.5 Å². The molecule has 0 unspecified atom stereocenters. The number of thioether (sulfide) groups is 1. The molecule has 4 rings (SSSR count). The van der Waals surface area contributed by atoms with E-state index in [4.69, 9.17) is 16.3 Å². The van der Waals surface area contributed by atoms with Crippen molar-refractivity contribution < 1.29 is 14.3 Å². The smallest absolute Gasteiger partial charge is 0.253 e. The Kier molecular flexibility index (Phi) is 6.68. The number of halogens is 1. The van der Waals surface area contributed by atoms with Crippen LogP contribution in [0.5, 0.6) is 5.75 Å². The van der Waals surface area contributed by atoms with Crippen molar-refractivity contribution in [2.75, 3.05) is 36.5 Å². The number of anilines is 1. The molecular formula is C24H23ClN2O3S. The summed E-state index contributed by atoms with van der Waals surface area (Å²) in [7, 11) is 0. The van der Waals surface area contributed by atoms with Crippen LogP contribution >= 0.6 is 23.4 Å². The maximum atomic E-state index is 12.7. The quantitative estimate of drug-likeness (QED) is 0.673. The molecule has 2 amide bonds. The molecule has 0 aliphatic carbocycles. The maximum absolute atomic E-state index is 12.7. The number of ether oxygens (including phenoxy) is 1. The van der Waals surface area contributed by atoms with E-state index in [0.717, 1.165) is 47.0 Å². The van der Waals surface area contributed by atoms with E-state index in [0.29, 0.717) is 22.9 Å². The normalized spacial score (nSPS) is 15.8. The van der Waals surface area contributed by atoms with Crippen molar-refractivity contribution in [2.45, 2.75) is 6.92 Å². The van der Waals surface area contributed by atoms with Gasteiger partial charge in [-0.2, -0.15) is 11.8 Å². The van der Waals surface area contributed by atoms with E-state index >= 15 is 0 Å². The van der Waals surface area contributed by atoms with E-state index in [1.165, 1.54) is 6.08 Å². The van der Waals surface area contributed by atoms with Crippen LogP contribution in [0.15, 0.2) is 54.1 Å². The van der Waals surface area contributed by atoms with Crippen molar-refractivity contribution in [3.8, 4) is 5.75 Å². The van der Waals surface area contributed by atoms with Crippen LogP contribution in [0, 0.1) is 6.92 Å². The summed E-state index contributed by atoms with van der Waals surface area (Å²) in [5.74, 6) is 2.54. The van der Waals surface area contributed by atoms with Gasteiger partial charge in [0.2, 0.25) is 5.91 Å². The minimum atomic E-state index is -0.243. The zero-order valence-corrected chi connectivity index (χ0v) is 18.8. The van der Waals surface area contributed by atoms with Crippen LogP contribution < -0.4 is 10.1 Å². The first-order valence-corrected chi connectivity index (χ1v) is 11.6. The molecule has 0 spiro atoms. The Morgan fingerprint density at radius 2 is 1.97 bits per heavy atom. The summed E-state index contributed by atoms with van der Waals surface area (Å²) in [6.45, 7) is 3.84. The van der Waals surface area contributed by atoms with Gasteiger partial charge in [-0.05, 0) is 60.5 Å². The number of benzene rings is 2. The molecule has 1 saturated heterocycles.